The molecule has 1 aromatic heterocycles. The molecular formula is C21H29N3O3S2. The highest BCUT2D eigenvalue weighted by Gasteiger charge is 2.26. The van der Waals surface area contributed by atoms with Gasteiger partial charge >= 0.3 is 0 Å². The smallest absolute Gasteiger partial charge is 0.251 e. The minimum absolute atomic E-state index is 0.158. The van der Waals surface area contributed by atoms with E-state index in [1.807, 2.05) is 6.07 Å². The number of hydrogen-bond donors (Lipinski definition) is 2. The number of anilines is 1. The summed E-state index contributed by atoms with van der Waals surface area (Å²) < 4.78 is 25.6. The van der Waals surface area contributed by atoms with E-state index in [1.54, 1.807) is 36.5 Å². The predicted octanol–water partition coefficient (Wildman–Crippen LogP) is 3.63. The molecule has 0 saturated carbocycles. The number of likely N-dealkylation sites (tertiary alicyclic amines) is 1. The van der Waals surface area contributed by atoms with Gasteiger partial charge in [-0.1, -0.05) is 19.1 Å². The lowest BCUT2D eigenvalue weighted by molar-refractivity contribution is 0.0915. The molecule has 2 aromatic rings. The second-order valence-electron chi connectivity index (χ2n) is 7.86. The maximum absolute atomic E-state index is 12.8. The van der Waals surface area contributed by atoms with Gasteiger partial charge in [0.15, 0.2) is 0 Å². The lowest BCUT2D eigenvalue weighted by atomic mass is 9.97. The summed E-state index contributed by atoms with van der Waals surface area (Å²) in [7, 11) is -3.40. The Morgan fingerprint density at radius 3 is 2.62 bits per heavy atom. The quantitative estimate of drug-likeness (QED) is 0.696. The van der Waals surface area contributed by atoms with Crippen molar-refractivity contribution in [1.29, 1.82) is 0 Å². The van der Waals surface area contributed by atoms with Gasteiger partial charge in [-0.15, -0.1) is 11.3 Å². The summed E-state index contributed by atoms with van der Waals surface area (Å²) in [6, 6.07) is 9.40. The molecule has 1 aromatic carbocycles. The Balaban J connectivity index is 1.71. The standard InChI is InChI=1S/C21H29N3O3S2/c1-15-8-10-24(11-9-15)19(20-5-4-12-28-20)14-22-21(25)17-7-6-16(2)18(13-17)23-29(3,26)27/h4-7,12-13,15,19,23H,8-11,14H2,1-3H3,(H,22,25)/t19-/m1/s1. The van der Waals surface area contributed by atoms with E-state index in [2.05, 4.69) is 33.3 Å². The Morgan fingerprint density at radius 2 is 2.00 bits per heavy atom. The van der Waals surface area contributed by atoms with Gasteiger partial charge in [0, 0.05) is 17.0 Å². The summed E-state index contributed by atoms with van der Waals surface area (Å²) in [5.41, 5.74) is 1.64. The van der Waals surface area contributed by atoms with Gasteiger partial charge in [-0.05, 0) is 67.9 Å². The number of thiophene rings is 1. The van der Waals surface area contributed by atoms with Crippen LogP contribution in [0.3, 0.4) is 0 Å². The zero-order chi connectivity index (χ0) is 21.0. The number of benzene rings is 1. The van der Waals surface area contributed by atoms with Crippen LogP contribution in [0.1, 0.15) is 46.6 Å². The van der Waals surface area contributed by atoms with Crippen molar-refractivity contribution in [3.8, 4) is 0 Å². The third kappa shape index (κ3) is 6.04. The monoisotopic (exact) mass is 435 g/mol. The minimum atomic E-state index is -3.40. The topological polar surface area (TPSA) is 78.5 Å². The summed E-state index contributed by atoms with van der Waals surface area (Å²) >= 11 is 1.71. The number of amides is 1. The summed E-state index contributed by atoms with van der Waals surface area (Å²) in [4.78, 5) is 16.5. The molecule has 1 amide bonds. The predicted molar refractivity (Wildman–Crippen MR) is 119 cm³/mol. The van der Waals surface area contributed by atoms with E-state index in [0.29, 0.717) is 17.8 Å². The number of hydrogen-bond acceptors (Lipinski definition) is 5. The van der Waals surface area contributed by atoms with E-state index < -0.39 is 10.0 Å². The molecule has 158 valence electrons. The first-order chi connectivity index (χ1) is 13.7. The lowest BCUT2D eigenvalue weighted by Crippen LogP contribution is -2.41. The first-order valence-corrected chi connectivity index (χ1v) is 12.6. The second-order valence-corrected chi connectivity index (χ2v) is 10.6. The summed E-state index contributed by atoms with van der Waals surface area (Å²) in [5, 5.41) is 5.12. The number of nitrogens with zero attached hydrogens (tertiary/aromatic N) is 1. The molecule has 0 aliphatic carbocycles. The molecular weight excluding hydrogens is 406 g/mol. The molecule has 0 spiro atoms. The zero-order valence-corrected chi connectivity index (χ0v) is 18.8. The second kappa shape index (κ2) is 9.28. The summed E-state index contributed by atoms with van der Waals surface area (Å²) in [6.07, 6.45) is 3.45. The van der Waals surface area contributed by atoms with Crippen molar-refractivity contribution in [2.45, 2.75) is 32.7 Å². The maximum Gasteiger partial charge on any atom is 0.251 e. The molecule has 1 saturated heterocycles. The van der Waals surface area contributed by atoms with Gasteiger partial charge < -0.3 is 5.32 Å². The fraction of sp³-hybridized carbons (Fsp3) is 0.476. The lowest BCUT2D eigenvalue weighted by Gasteiger charge is -2.36. The van der Waals surface area contributed by atoms with E-state index >= 15 is 0 Å². The van der Waals surface area contributed by atoms with E-state index in [4.69, 9.17) is 0 Å². The molecule has 1 atom stereocenters. The van der Waals surface area contributed by atoms with Crippen LogP contribution in [0, 0.1) is 12.8 Å². The number of aryl methyl sites for hydroxylation is 1. The van der Waals surface area contributed by atoms with Crippen LogP contribution >= 0.6 is 11.3 Å². The number of carbonyl (C=O) groups is 1. The molecule has 1 aliphatic heterocycles. The Bertz CT molecular complexity index is 934. The van der Waals surface area contributed by atoms with E-state index in [-0.39, 0.29) is 11.9 Å². The van der Waals surface area contributed by atoms with Crippen LogP contribution in [0.25, 0.3) is 0 Å². The first-order valence-electron chi connectivity index (χ1n) is 9.87. The molecule has 29 heavy (non-hydrogen) atoms. The molecule has 0 unspecified atom stereocenters. The molecule has 0 radical (unpaired) electrons. The van der Waals surface area contributed by atoms with Gasteiger partial charge in [0.25, 0.3) is 5.91 Å². The number of piperidine rings is 1. The molecule has 2 heterocycles. The van der Waals surface area contributed by atoms with Crippen molar-refractivity contribution in [2.24, 2.45) is 5.92 Å². The molecule has 1 fully saturated rings. The summed E-state index contributed by atoms with van der Waals surface area (Å²) in [6.45, 7) is 6.69. The number of rotatable bonds is 7. The van der Waals surface area contributed by atoms with Crippen molar-refractivity contribution in [2.75, 3.05) is 30.6 Å². The van der Waals surface area contributed by atoms with Crippen LogP contribution in [0.2, 0.25) is 0 Å². The largest absolute Gasteiger partial charge is 0.350 e. The van der Waals surface area contributed by atoms with Crippen molar-refractivity contribution in [1.82, 2.24) is 10.2 Å². The Hall–Kier alpha value is -1.90. The van der Waals surface area contributed by atoms with Crippen molar-refractivity contribution in [3.05, 3.63) is 51.7 Å². The van der Waals surface area contributed by atoms with E-state index in [9.17, 15) is 13.2 Å². The van der Waals surface area contributed by atoms with Crippen molar-refractivity contribution < 1.29 is 13.2 Å². The Morgan fingerprint density at radius 1 is 1.28 bits per heavy atom. The Labute approximate surface area is 177 Å². The van der Waals surface area contributed by atoms with Gasteiger partial charge in [0.1, 0.15) is 0 Å². The molecule has 6 nitrogen and oxygen atoms in total. The van der Waals surface area contributed by atoms with E-state index in [0.717, 1.165) is 30.8 Å². The third-order valence-corrected chi connectivity index (χ3v) is 6.95. The normalized spacial score (nSPS) is 17.1. The van der Waals surface area contributed by atoms with Crippen LogP contribution in [0.4, 0.5) is 5.69 Å². The van der Waals surface area contributed by atoms with Gasteiger partial charge in [0.2, 0.25) is 10.0 Å². The number of carbonyl (C=O) groups excluding carboxylic acids is 1. The molecule has 0 bridgehead atoms. The maximum atomic E-state index is 12.8. The van der Waals surface area contributed by atoms with Crippen molar-refractivity contribution >= 4 is 33.0 Å². The highest BCUT2D eigenvalue weighted by atomic mass is 32.2. The minimum Gasteiger partial charge on any atom is -0.350 e. The van der Waals surface area contributed by atoms with Crippen molar-refractivity contribution in [3.63, 3.8) is 0 Å². The Kier molecular flexibility index (Phi) is 6.97. The highest BCUT2D eigenvalue weighted by Crippen LogP contribution is 2.29. The SMILES string of the molecule is Cc1ccc(C(=O)NC[C@H](c2cccs2)N2CCC(C)CC2)cc1NS(C)(=O)=O. The van der Waals surface area contributed by atoms with Crippen LogP contribution in [-0.2, 0) is 10.0 Å². The average Bonchev–Trinajstić information content (AvgIpc) is 3.18. The van der Waals surface area contributed by atoms with Crippen LogP contribution in [0.5, 0.6) is 0 Å². The highest BCUT2D eigenvalue weighted by molar-refractivity contribution is 7.92. The first kappa shape index (κ1) is 21.8. The molecule has 2 N–H and O–H groups in total. The van der Waals surface area contributed by atoms with Gasteiger partial charge in [-0.2, -0.15) is 0 Å². The zero-order valence-electron chi connectivity index (χ0n) is 17.1. The molecule has 8 heteroatoms. The number of sulfonamides is 1. The average molecular weight is 436 g/mol. The van der Waals surface area contributed by atoms with Crippen LogP contribution in [-0.4, -0.2) is 45.1 Å². The summed E-state index contributed by atoms with van der Waals surface area (Å²) in [5.74, 6) is 0.548. The molecule has 3 rings (SSSR count). The fourth-order valence-electron chi connectivity index (χ4n) is 3.60. The van der Waals surface area contributed by atoms with Gasteiger partial charge in [-0.25, -0.2) is 8.42 Å². The number of nitrogens with one attached hydrogen (secondary N) is 2. The third-order valence-electron chi connectivity index (χ3n) is 5.38. The van der Waals surface area contributed by atoms with Crippen LogP contribution in [0.15, 0.2) is 35.7 Å². The van der Waals surface area contributed by atoms with Gasteiger partial charge in [-0.3, -0.25) is 14.4 Å². The van der Waals surface area contributed by atoms with Gasteiger partial charge in [0.05, 0.1) is 18.0 Å². The van der Waals surface area contributed by atoms with Crippen LogP contribution < -0.4 is 10.0 Å². The molecule has 1 aliphatic rings. The fourth-order valence-corrected chi connectivity index (χ4v) is 5.08. The van der Waals surface area contributed by atoms with E-state index in [1.165, 1.54) is 17.7 Å².